The molecule has 0 saturated carbocycles. The number of benzene rings is 3. The Kier molecular flexibility index (Phi) is 12.3. The van der Waals surface area contributed by atoms with E-state index in [9.17, 15) is 14.4 Å². The zero-order chi connectivity index (χ0) is 33.1. The normalized spacial score (nSPS) is 14.5. The van der Waals surface area contributed by atoms with Gasteiger partial charge < -0.3 is 10.1 Å². The zero-order valence-corrected chi connectivity index (χ0v) is 28.0. The molecule has 234 valence electrons. The molecule has 0 fully saturated rings. The highest BCUT2D eigenvalue weighted by Gasteiger charge is 2.35. The van der Waals surface area contributed by atoms with Crippen LogP contribution in [0.25, 0.3) is 6.08 Å². The van der Waals surface area contributed by atoms with E-state index in [1.807, 2.05) is 66.7 Å². The van der Waals surface area contributed by atoms with E-state index in [0.29, 0.717) is 27.9 Å². The minimum atomic E-state index is -0.698. The molecule has 3 aromatic carbocycles. The second kappa shape index (κ2) is 16.5. The Morgan fingerprint density at radius 3 is 2.28 bits per heavy atom. The molecule has 0 aromatic heterocycles. The monoisotopic (exact) mass is 695 g/mol. The van der Waals surface area contributed by atoms with Gasteiger partial charge in [0, 0.05) is 5.70 Å². The summed E-state index contributed by atoms with van der Waals surface area (Å²) in [5.41, 5.74) is 3.67. The number of allylic oxidation sites excluding steroid dienone is 5. The highest BCUT2D eigenvalue weighted by molar-refractivity contribution is 9.10. The fourth-order valence-electron chi connectivity index (χ4n) is 4.85. The van der Waals surface area contributed by atoms with Crippen molar-refractivity contribution in [3.63, 3.8) is 0 Å². The molecular formula is C37H34BrN3O4S. The van der Waals surface area contributed by atoms with E-state index in [0.717, 1.165) is 28.5 Å². The molecule has 7 nitrogen and oxygen atoms in total. The number of methoxy groups -OCH3 is 1. The summed E-state index contributed by atoms with van der Waals surface area (Å²) in [5, 5.41) is 3.20. The predicted molar refractivity (Wildman–Crippen MR) is 190 cm³/mol. The van der Waals surface area contributed by atoms with E-state index in [1.54, 1.807) is 50.5 Å². The number of amides is 3. The molecule has 0 unspecified atom stereocenters. The third-order valence-electron chi connectivity index (χ3n) is 6.94. The number of hydrogen-bond donors (Lipinski definition) is 1. The van der Waals surface area contributed by atoms with Gasteiger partial charge in [0.2, 0.25) is 5.91 Å². The Morgan fingerprint density at radius 1 is 1.07 bits per heavy atom. The zero-order valence-electron chi connectivity index (χ0n) is 25.6. The summed E-state index contributed by atoms with van der Waals surface area (Å²) in [6.07, 6.45) is 10.5. The Hall–Kier alpha value is -4.73. The molecular weight excluding hydrogens is 662 g/mol. The smallest absolute Gasteiger partial charge is 0.285 e. The molecule has 46 heavy (non-hydrogen) atoms. The van der Waals surface area contributed by atoms with Crippen molar-refractivity contribution in [3.05, 3.63) is 154 Å². The van der Waals surface area contributed by atoms with Gasteiger partial charge in [0.1, 0.15) is 11.3 Å². The molecule has 0 radical (unpaired) electrons. The number of rotatable bonds is 12. The van der Waals surface area contributed by atoms with Crippen LogP contribution in [-0.2, 0) is 20.8 Å². The molecule has 0 saturated heterocycles. The number of carbonyl (C=O) groups is 3. The summed E-state index contributed by atoms with van der Waals surface area (Å²) >= 11 is 4.54. The van der Waals surface area contributed by atoms with Crippen molar-refractivity contribution in [2.24, 2.45) is 4.99 Å². The van der Waals surface area contributed by atoms with Gasteiger partial charge in [0.15, 0.2) is 5.17 Å². The number of nitrogens with zero attached hydrogens (tertiary/aromatic N) is 2. The number of hydrogen-bond acceptors (Lipinski definition) is 5. The summed E-state index contributed by atoms with van der Waals surface area (Å²) in [6.45, 7) is 9.31. The van der Waals surface area contributed by atoms with Gasteiger partial charge in [-0.1, -0.05) is 103 Å². The molecule has 1 aliphatic heterocycles. The number of nitrogens with one attached hydrogen (secondary N) is 1. The molecule has 9 heteroatoms. The van der Waals surface area contributed by atoms with Crippen LogP contribution in [0.15, 0.2) is 137 Å². The van der Waals surface area contributed by atoms with Gasteiger partial charge in [0.05, 0.1) is 23.4 Å². The fraction of sp³-hybridized carbons (Fsp3) is 0.135. The number of aliphatic imine (C=N–C) groups is 1. The van der Waals surface area contributed by atoms with Crippen molar-refractivity contribution < 1.29 is 19.1 Å². The van der Waals surface area contributed by atoms with E-state index < -0.39 is 11.8 Å². The van der Waals surface area contributed by atoms with Crippen LogP contribution in [0.1, 0.15) is 35.2 Å². The third kappa shape index (κ3) is 8.29. The summed E-state index contributed by atoms with van der Waals surface area (Å²) < 4.78 is 6.19. The second-order valence-electron chi connectivity index (χ2n) is 10.0. The molecule has 1 heterocycles. The van der Waals surface area contributed by atoms with Gasteiger partial charge in [-0.25, -0.2) is 0 Å². The molecule has 0 bridgehead atoms. The Labute approximate surface area is 282 Å². The van der Waals surface area contributed by atoms with E-state index in [-0.39, 0.29) is 28.4 Å². The minimum Gasteiger partial charge on any atom is -0.495 e. The highest BCUT2D eigenvalue weighted by atomic mass is 79.9. The third-order valence-corrected chi connectivity index (χ3v) is 8.46. The van der Waals surface area contributed by atoms with Crippen LogP contribution >= 0.6 is 27.7 Å². The summed E-state index contributed by atoms with van der Waals surface area (Å²) in [5.74, 6) is -0.978. The molecule has 1 N–H and O–H groups in total. The number of thioether (sulfide) groups is 1. The van der Waals surface area contributed by atoms with E-state index >= 15 is 0 Å². The lowest BCUT2D eigenvalue weighted by Crippen LogP contribution is -2.42. The van der Waals surface area contributed by atoms with Crippen molar-refractivity contribution in [2.75, 3.05) is 12.9 Å². The molecule has 0 aliphatic carbocycles. The van der Waals surface area contributed by atoms with Crippen molar-refractivity contribution in [3.8, 4) is 5.75 Å². The van der Waals surface area contributed by atoms with Gasteiger partial charge in [-0.05, 0) is 75.8 Å². The SMILES string of the molecule is C=C/C=C\C(=C/C)N1C(=O)/C(=C/c2cc(Br)c(OC)c(CC=C)c2)C(=O)N=C1SCC(=O)NC(c1ccccc1)c1ccccc1. The Balaban J connectivity index is 1.65. The molecule has 1 aliphatic rings. The number of amidine groups is 1. The van der Waals surface area contributed by atoms with Crippen LogP contribution in [0, 0.1) is 0 Å². The summed E-state index contributed by atoms with van der Waals surface area (Å²) in [7, 11) is 1.57. The van der Waals surface area contributed by atoms with E-state index in [1.165, 1.54) is 11.0 Å². The van der Waals surface area contributed by atoms with Crippen LogP contribution in [0.3, 0.4) is 0 Å². The largest absolute Gasteiger partial charge is 0.495 e. The molecule has 0 atom stereocenters. The van der Waals surface area contributed by atoms with E-state index in [4.69, 9.17) is 4.74 Å². The van der Waals surface area contributed by atoms with Crippen LogP contribution in [0.5, 0.6) is 5.75 Å². The first kappa shape index (κ1) is 34.1. The lowest BCUT2D eigenvalue weighted by Gasteiger charge is -2.28. The maximum Gasteiger partial charge on any atom is 0.285 e. The first-order chi connectivity index (χ1) is 22.3. The average molecular weight is 697 g/mol. The predicted octanol–water partition coefficient (Wildman–Crippen LogP) is 7.58. The van der Waals surface area contributed by atoms with Gasteiger partial charge in [-0.3, -0.25) is 19.3 Å². The Morgan fingerprint density at radius 2 is 1.72 bits per heavy atom. The summed E-state index contributed by atoms with van der Waals surface area (Å²) in [6, 6.07) is 22.6. The minimum absolute atomic E-state index is 0.0797. The number of carbonyl (C=O) groups excluding carboxylic acids is 3. The molecule has 3 aromatic rings. The average Bonchev–Trinajstić information content (AvgIpc) is 3.06. The van der Waals surface area contributed by atoms with Crippen LogP contribution in [0.4, 0.5) is 0 Å². The van der Waals surface area contributed by atoms with Gasteiger partial charge in [0.25, 0.3) is 11.8 Å². The topological polar surface area (TPSA) is 88.1 Å². The molecule has 3 amide bonds. The molecule has 4 rings (SSSR count). The lowest BCUT2D eigenvalue weighted by atomic mass is 9.99. The highest BCUT2D eigenvalue weighted by Crippen LogP contribution is 2.33. The second-order valence-corrected chi connectivity index (χ2v) is 11.8. The van der Waals surface area contributed by atoms with Gasteiger partial charge in [-0.2, -0.15) is 4.99 Å². The number of ether oxygens (including phenoxy) is 1. The van der Waals surface area contributed by atoms with Crippen molar-refractivity contribution >= 4 is 56.7 Å². The lowest BCUT2D eigenvalue weighted by molar-refractivity contribution is -0.126. The Bertz CT molecular complexity index is 1710. The fourth-order valence-corrected chi connectivity index (χ4v) is 6.34. The molecule has 0 spiro atoms. The maximum absolute atomic E-state index is 14.0. The van der Waals surface area contributed by atoms with Crippen LogP contribution in [-0.4, -0.2) is 40.7 Å². The standard InChI is InChI=1S/C37H34BrN3O4S/c1-5-8-20-29(7-3)41-36(44)30(22-25-21-28(15-6-2)34(45-4)31(38)23-25)35(43)40-37(41)46-24-32(42)39-33(26-16-11-9-12-17-26)27-18-13-10-14-19-27/h5-14,16-23,33H,1-2,15,24H2,3-4H3,(H,39,42)/b20-8-,29-7+,30-22+. The van der Waals surface area contributed by atoms with Gasteiger partial charge in [-0.15, -0.1) is 6.58 Å². The maximum atomic E-state index is 14.0. The van der Waals surface area contributed by atoms with Crippen molar-refractivity contribution in [1.29, 1.82) is 0 Å². The van der Waals surface area contributed by atoms with Gasteiger partial charge >= 0.3 is 0 Å². The number of halogens is 1. The first-order valence-electron chi connectivity index (χ1n) is 14.4. The van der Waals surface area contributed by atoms with E-state index in [2.05, 4.69) is 39.4 Å². The summed E-state index contributed by atoms with van der Waals surface area (Å²) in [4.78, 5) is 46.4. The van der Waals surface area contributed by atoms with Crippen molar-refractivity contribution in [1.82, 2.24) is 10.2 Å². The first-order valence-corrected chi connectivity index (χ1v) is 16.2. The van der Waals surface area contributed by atoms with Crippen molar-refractivity contribution in [2.45, 2.75) is 19.4 Å². The van der Waals surface area contributed by atoms with Crippen LogP contribution in [0.2, 0.25) is 0 Å². The van der Waals surface area contributed by atoms with Crippen LogP contribution < -0.4 is 10.1 Å². The quantitative estimate of drug-likeness (QED) is 0.0914.